The number of aryl methyl sites for hydroxylation is 3. The Balaban J connectivity index is 1.48. The van der Waals surface area contributed by atoms with Crippen molar-refractivity contribution < 1.29 is 9.59 Å². The van der Waals surface area contributed by atoms with Crippen molar-refractivity contribution in [3.8, 4) is 5.69 Å². The van der Waals surface area contributed by atoms with E-state index in [1.807, 2.05) is 16.4 Å². The van der Waals surface area contributed by atoms with Crippen LogP contribution in [0.15, 0.2) is 23.4 Å². The van der Waals surface area contributed by atoms with E-state index in [9.17, 15) is 9.59 Å². The molecule has 2 aromatic rings. The van der Waals surface area contributed by atoms with E-state index in [0.717, 1.165) is 49.3 Å². The molecule has 0 unspecified atom stereocenters. The molecule has 0 bridgehead atoms. The zero-order valence-electron chi connectivity index (χ0n) is 18.1. The lowest BCUT2D eigenvalue weighted by Gasteiger charge is -2.20. The quantitative estimate of drug-likeness (QED) is 0.515. The van der Waals surface area contributed by atoms with E-state index in [1.165, 1.54) is 17.3 Å². The van der Waals surface area contributed by atoms with Gasteiger partial charge in [-0.1, -0.05) is 30.3 Å². The number of nitrogens with one attached hydrogen (secondary N) is 1. The topological polar surface area (TPSA) is 80.1 Å². The Morgan fingerprint density at radius 3 is 2.83 bits per heavy atom. The number of hydrogen-bond donors (Lipinski definition) is 1. The van der Waals surface area contributed by atoms with Gasteiger partial charge >= 0.3 is 0 Å². The van der Waals surface area contributed by atoms with Crippen molar-refractivity contribution in [2.75, 3.05) is 25.4 Å². The molecule has 2 amide bonds. The summed E-state index contributed by atoms with van der Waals surface area (Å²) in [7, 11) is 0. The van der Waals surface area contributed by atoms with Gasteiger partial charge in [-0.15, -0.1) is 10.2 Å². The van der Waals surface area contributed by atoms with Gasteiger partial charge in [0.15, 0.2) is 5.16 Å². The average Bonchev–Trinajstić information content (AvgIpc) is 2.96. The molecule has 1 N–H and O–H groups in total. The molecule has 30 heavy (non-hydrogen) atoms. The third-order valence-corrected chi connectivity index (χ3v) is 6.26. The highest BCUT2D eigenvalue weighted by Crippen LogP contribution is 2.24. The first-order chi connectivity index (χ1) is 14.5. The number of amides is 2. The number of hydrogen-bond acceptors (Lipinski definition) is 5. The van der Waals surface area contributed by atoms with E-state index in [2.05, 4.69) is 47.6 Å². The van der Waals surface area contributed by atoms with Crippen LogP contribution in [0.5, 0.6) is 0 Å². The van der Waals surface area contributed by atoms with E-state index in [-0.39, 0.29) is 17.6 Å². The largest absolute Gasteiger partial charge is 0.355 e. The molecule has 1 aromatic heterocycles. The number of likely N-dealkylation sites (tertiary alicyclic amines) is 1. The van der Waals surface area contributed by atoms with Crippen molar-refractivity contribution in [3.63, 3.8) is 0 Å². The maximum absolute atomic E-state index is 12.3. The molecule has 1 fully saturated rings. The third kappa shape index (κ3) is 5.84. The minimum atomic E-state index is -0.0321. The summed E-state index contributed by atoms with van der Waals surface area (Å²) < 4.78 is 2.01. The van der Waals surface area contributed by atoms with Gasteiger partial charge < -0.3 is 10.2 Å². The van der Waals surface area contributed by atoms with Crippen LogP contribution in [-0.2, 0) is 9.59 Å². The lowest BCUT2D eigenvalue weighted by Crippen LogP contribution is -2.34. The van der Waals surface area contributed by atoms with Crippen LogP contribution < -0.4 is 5.32 Å². The van der Waals surface area contributed by atoms with Crippen molar-refractivity contribution in [3.05, 3.63) is 35.2 Å². The lowest BCUT2D eigenvalue weighted by molar-refractivity contribution is -0.130. The Morgan fingerprint density at radius 1 is 1.17 bits per heavy atom. The summed E-state index contributed by atoms with van der Waals surface area (Å²) in [4.78, 5) is 26.2. The van der Waals surface area contributed by atoms with Crippen molar-refractivity contribution in [1.82, 2.24) is 25.0 Å². The van der Waals surface area contributed by atoms with Crippen LogP contribution in [-0.4, -0.2) is 56.9 Å². The second-order valence-electron chi connectivity index (χ2n) is 7.84. The lowest BCUT2D eigenvalue weighted by atomic mass is 10.1. The van der Waals surface area contributed by atoms with Gasteiger partial charge in [0, 0.05) is 26.1 Å². The molecule has 7 nitrogen and oxygen atoms in total. The van der Waals surface area contributed by atoms with Crippen LogP contribution in [0.25, 0.3) is 5.69 Å². The van der Waals surface area contributed by atoms with Gasteiger partial charge in [-0.2, -0.15) is 0 Å². The monoisotopic (exact) mass is 429 g/mol. The van der Waals surface area contributed by atoms with Crippen LogP contribution in [0.2, 0.25) is 0 Å². The Bertz CT molecular complexity index is 896. The van der Waals surface area contributed by atoms with Gasteiger partial charge in [0.05, 0.1) is 11.4 Å². The molecule has 1 saturated heterocycles. The number of thioether (sulfide) groups is 1. The number of rotatable bonds is 8. The molecule has 0 aliphatic carbocycles. The number of carbonyl (C=O) groups excluding carboxylic acids is 2. The second-order valence-corrected chi connectivity index (χ2v) is 8.78. The summed E-state index contributed by atoms with van der Waals surface area (Å²) in [6, 6.07) is 6.28. The predicted octanol–water partition coefficient (Wildman–Crippen LogP) is 3.19. The van der Waals surface area contributed by atoms with Crippen molar-refractivity contribution in [2.45, 2.75) is 58.0 Å². The summed E-state index contributed by atoms with van der Waals surface area (Å²) in [5.41, 5.74) is 3.35. The summed E-state index contributed by atoms with van der Waals surface area (Å²) >= 11 is 1.39. The molecule has 1 aromatic carbocycles. The molecule has 2 heterocycles. The van der Waals surface area contributed by atoms with E-state index in [1.54, 1.807) is 0 Å². The first-order valence-electron chi connectivity index (χ1n) is 10.6. The Labute approximate surface area is 182 Å². The van der Waals surface area contributed by atoms with Crippen molar-refractivity contribution >= 4 is 23.6 Å². The zero-order valence-corrected chi connectivity index (χ0v) is 18.9. The van der Waals surface area contributed by atoms with Crippen LogP contribution in [0.1, 0.15) is 49.1 Å². The van der Waals surface area contributed by atoms with E-state index in [4.69, 9.17) is 0 Å². The van der Waals surface area contributed by atoms with Gasteiger partial charge in [-0.05, 0) is 57.2 Å². The summed E-state index contributed by atoms with van der Waals surface area (Å²) in [6.07, 6.45) is 4.64. The molecule has 0 radical (unpaired) electrons. The van der Waals surface area contributed by atoms with E-state index in [0.29, 0.717) is 24.7 Å². The van der Waals surface area contributed by atoms with Gasteiger partial charge in [0.1, 0.15) is 5.82 Å². The number of carbonyl (C=O) groups is 2. The standard InChI is InChI=1S/C22H31N5O2S/c1-16-9-10-17(2)19(14-16)27-18(3)24-25-22(27)30-15-20(28)23-11-7-13-26-12-6-4-5-8-21(26)29/h9-10,14H,4-8,11-13,15H2,1-3H3,(H,23,28). The fourth-order valence-corrected chi connectivity index (χ4v) is 4.45. The molecule has 0 atom stereocenters. The molecule has 1 aliphatic rings. The molecule has 0 spiro atoms. The van der Waals surface area contributed by atoms with Crippen LogP contribution in [0.3, 0.4) is 0 Å². The fourth-order valence-electron chi connectivity index (χ4n) is 3.63. The smallest absolute Gasteiger partial charge is 0.230 e. The number of benzene rings is 1. The Hall–Kier alpha value is -2.35. The molecule has 8 heteroatoms. The third-order valence-electron chi connectivity index (χ3n) is 5.33. The molecule has 1 aliphatic heterocycles. The van der Waals surface area contributed by atoms with Gasteiger partial charge in [-0.25, -0.2) is 0 Å². The maximum Gasteiger partial charge on any atom is 0.230 e. The van der Waals surface area contributed by atoms with Gasteiger partial charge in [-0.3, -0.25) is 14.2 Å². The Kier molecular flexibility index (Phi) is 7.90. The van der Waals surface area contributed by atoms with Crippen molar-refractivity contribution in [1.29, 1.82) is 0 Å². The zero-order chi connectivity index (χ0) is 21.5. The molecule has 0 saturated carbocycles. The van der Waals surface area contributed by atoms with Gasteiger partial charge in [0.2, 0.25) is 11.8 Å². The highest BCUT2D eigenvalue weighted by Gasteiger charge is 2.17. The molecule has 3 rings (SSSR count). The second kappa shape index (κ2) is 10.6. The maximum atomic E-state index is 12.3. The summed E-state index contributed by atoms with van der Waals surface area (Å²) in [5.74, 6) is 1.30. The van der Waals surface area contributed by atoms with Crippen LogP contribution in [0.4, 0.5) is 0 Å². The van der Waals surface area contributed by atoms with E-state index < -0.39 is 0 Å². The minimum absolute atomic E-state index is 0.0321. The van der Waals surface area contributed by atoms with E-state index >= 15 is 0 Å². The normalized spacial score (nSPS) is 14.6. The highest BCUT2D eigenvalue weighted by molar-refractivity contribution is 7.99. The average molecular weight is 430 g/mol. The van der Waals surface area contributed by atoms with Crippen molar-refractivity contribution in [2.24, 2.45) is 0 Å². The number of nitrogens with zero attached hydrogens (tertiary/aromatic N) is 4. The van der Waals surface area contributed by atoms with Crippen LogP contribution >= 0.6 is 11.8 Å². The number of aromatic nitrogens is 3. The van der Waals surface area contributed by atoms with Gasteiger partial charge in [0.25, 0.3) is 0 Å². The molecule has 162 valence electrons. The van der Waals surface area contributed by atoms with Crippen LogP contribution in [0, 0.1) is 20.8 Å². The first-order valence-corrected chi connectivity index (χ1v) is 11.6. The highest BCUT2D eigenvalue weighted by atomic mass is 32.2. The first kappa shape index (κ1) is 22.3. The molecular formula is C22H31N5O2S. The summed E-state index contributed by atoms with van der Waals surface area (Å²) in [6.45, 7) is 8.17. The fraction of sp³-hybridized carbons (Fsp3) is 0.545. The molecular weight excluding hydrogens is 398 g/mol. The predicted molar refractivity (Wildman–Crippen MR) is 119 cm³/mol. The minimum Gasteiger partial charge on any atom is -0.355 e. The Morgan fingerprint density at radius 2 is 2.00 bits per heavy atom. The SMILES string of the molecule is Cc1ccc(C)c(-n2c(C)nnc2SCC(=O)NCCCN2CCCCCC2=O)c1. The summed E-state index contributed by atoms with van der Waals surface area (Å²) in [5, 5.41) is 12.1.